The van der Waals surface area contributed by atoms with E-state index in [-0.39, 0.29) is 10.6 Å². The van der Waals surface area contributed by atoms with Crippen molar-refractivity contribution >= 4 is 21.8 Å². The molecule has 0 spiro atoms. The van der Waals surface area contributed by atoms with Crippen LogP contribution >= 0.6 is 0 Å². The standard InChI is InChI=1S/C28H26N2O5S/c1-20-18-21(2)27(22(3)19-20)36(32,33)30(29-23-10-6-4-7-11-23)28(31)35-26-16-14-25(15-17-26)34-24-12-8-5-9-13-24/h4-19,29H,1-3H3. The van der Waals surface area contributed by atoms with Gasteiger partial charge in [-0.05, 0) is 80.4 Å². The van der Waals surface area contributed by atoms with E-state index in [0.29, 0.717) is 32.7 Å². The fraction of sp³-hybridized carbons (Fsp3) is 0.107. The Kier molecular flexibility index (Phi) is 7.26. The molecule has 4 aromatic rings. The molecule has 0 aliphatic carbocycles. The van der Waals surface area contributed by atoms with E-state index in [2.05, 4.69) is 5.43 Å². The average Bonchev–Trinajstić information content (AvgIpc) is 2.84. The number of anilines is 1. The number of hydrogen-bond donors (Lipinski definition) is 1. The molecule has 184 valence electrons. The third-order valence-corrected chi connectivity index (χ3v) is 7.16. The molecule has 8 heteroatoms. The van der Waals surface area contributed by atoms with E-state index >= 15 is 0 Å². The summed E-state index contributed by atoms with van der Waals surface area (Å²) in [7, 11) is -4.32. The lowest BCUT2D eigenvalue weighted by Crippen LogP contribution is -2.43. The number of para-hydroxylation sites is 2. The van der Waals surface area contributed by atoms with E-state index in [1.54, 1.807) is 68.4 Å². The molecular weight excluding hydrogens is 476 g/mol. The largest absolute Gasteiger partial charge is 0.457 e. The lowest BCUT2D eigenvalue weighted by molar-refractivity contribution is 0.184. The third-order valence-electron chi connectivity index (χ3n) is 5.28. The normalized spacial score (nSPS) is 11.0. The molecule has 0 heterocycles. The van der Waals surface area contributed by atoms with Crippen molar-refractivity contribution in [3.8, 4) is 17.2 Å². The molecule has 0 fully saturated rings. The van der Waals surface area contributed by atoms with E-state index in [1.165, 1.54) is 12.1 Å². The van der Waals surface area contributed by atoms with Gasteiger partial charge >= 0.3 is 6.09 Å². The second kappa shape index (κ2) is 10.5. The van der Waals surface area contributed by atoms with Gasteiger partial charge < -0.3 is 9.47 Å². The summed E-state index contributed by atoms with van der Waals surface area (Å²) in [5.74, 6) is 1.36. The number of hydrazine groups is 1. The Bertz CT molecular complexity index is 1430. The summed E-state index contributed by atoms with van der Waals surface area (Å²) in [4.78, 5) is 13.3. The van der Waals surface area contributed by atoms with E-state index in [9.17, 15) is 13.2 Å². The molecule has 0 aliphatic heterocycles. The highest BCUT2D eigenvalue weighted by molar-refractivity contribution is 7.89. The first-order chi connectivity index (χ1) is 17.2. The van der Waals surface area contributed by atoms with Crippen molar-refractivity contribution < 1.29 is 22.7 Å². The van der Waals surface area contributed by atoms with Crippen molar-refractivity contribution in [2.45, 2.75) is 25.7 Å². The smallest absolute Gasteiger partial charge is 0.449 e. The molecule has 0 saturated heterocycles. The topological polar surface area (TPSA) is 84.9 Å². The molecule has 0 aliphatic rings. The number of nitrogens with one attached hydrogen (secondary N) is 1. The highest BCUT2D eigenvalue weighted by atomic mass is 32.2. The number of aryl methyl sites for hydroxylation is 3. The van der Waals surface area contributed by atoms with Crippen molar-refractivity contribution in [3.05, 3.63) is 114 Å². The van der Waals surface area contributed by atoms with Crippen molar-refractivity contribution in [2.24, 2.45) is 0 Å². The van der Waals surface area contributed by atoms with E-state index < -0.39 is 16.1 Å². The SMILES string of the molecule is Cc1cc(C)c(S(=O)(=O)N(Nc2ccccc2)C(=O)Oc2ccc(Oc3ccccc3)cc2)c(C)c1. The lowest BCUT2D eigenvalue weighted by Gasteiger charge is -2.25. The summed E-state index contributed by atoms with van der Waals surface area (Å²) >= 11 is 0. The fourth-order valence-electron chi connectivity index (χ4n) is 3.84. The number of ether oxygens (including phenoxy) is 2. The van der Waals surface area contributed by atoms with Crippen LogP contribution in [0.15, 0.2) is 102 Å². The van der Waals surface area contributed by atoms with Gasteiger partial charge in [0.2, 0.25) is 0 Å². The van der Waals surface area contributed by atoms with Gasteiger partial charge in [0.1, 0.15) is 17.2 Å². The third kappa shape index (κ3) is 5.67. The monoisotopic (exact) mass is 502 g/mol. The molecule has 0 radical (unpaired) electrons. The number of benzene rings is 4. The number of sulfonamides is 1. The summed E-state index contributed by atoms with van der Waals surface area (Å²) in [6, 6.07) is 27.7. The molecule has 1 amide bonds. The number of nitrogens with zero attached hydrogens (tertiary/aromatic N) is 1. The molecule has 4 aromatic carbocycles. The van der Waals surface area contributed by atoms with Gasteiger partial charge in [-0.2, -0.15) is 8.42 Å². The number of amides is 1. The molecular formula is C28H26N2O5S. The van der Waals surface area contributed by atoms with Crippen molar-refractivity contribution in [1.29, 1.82) is 0 Å². The second-order valence-electron chi connectivity index (χ2n) is 8.23. The fourth-order valence-corrected chi connectivity index (χ4v) is 5.41. The Labute approximate surface area is 210 Å². The van der Waals surface area contributed by atoms with Crippen LogP contribution in [0.5, 0.6) is 17.2 Å². The van der Waals surface area contributed by atoms with Crippen molar-refractivity contribution in [2.75, 3.05) is 5.43 Å². The van der Waals surface area contributed by atoms with Gasteiger partial charge in [0, 0.05) is 0 Å². The van der Waals surface area contributed by atoms with Crippen LogP contribution in [0.4, 0.5) is 10.5 Å². The predicted molar refractivity (Wildman–Crippen MR) is 139 cm³/mol. The predicted octanol–water partition coefficient (Wildman–Crippen LogP) is 6.62. The van der Waals surface area contributed by atoms with Crippen LogP contribution in [0.1, 0.15) is 16.7 Å². The van der Waals surface area contributed by atoms with E-state index in [4.69, 9.17) is 9.47 Å². The summed E-state index contributed by atoms with van der Waals surface area (Å²) in [5.41, 5.74) is 5.09. The zero-order valence-corrected chi connectivity index (χ0v) is 21.0. The minimum atomic E-state index is -4.32. The van der Waals surface area contributed by atoms with Gasteiger partial charge in [-0.25, -0.2) is 4.79 Å². The van der Waals surface area contributed by atoms with Gasteiger partial charge in [-0.3, -0.25) is 5.43 Å². The van der Waals surface area contributed by atoms with Crippen LogP contribution < -0.4 is 14.9 Å². The molecule has 0 unspecified atom stereocenters. The van der Waals surface area contributed by atoms with Gasteiger partial charge in [0.05, 0.1) is 10.6 Å². The van der Waals surface area contributed by atoms with Crippen LogP contribution in [-0.4, -0.2) is 18.9 Å². The second-order valence-corrected chi connectivity index (χ2v) is 9.95. The highest BCUT2D eigenvalue weighted by Gasteiger charge is 2.34. The maximum Gasteiger partial charge on any atom is 0.449 e. The average molecular weight is 503 g/mol. The van der Waals surface area contributed by atoms with Crippen LogP contribution in [0.2, 0.25) is 0 Å². The first-order valence-electron chi connectivity index (χ1n) is 11.2. The first-order valence-corrected chi connectivity index (χ1v) is 12.7. The molecule has 0 saturated carbocycles. The van der Waals surface area contributed by atoms with Crippen molar-refractivity contribution in [3.63, 3.8) is 0 Å². The number of carbonyl (C=O) groups is 1. The maximum atomic E-state index is 13.7. The van der Waals surface area contributed by atoms with E-state index in [0.717, 1.165) is 5.56 Å². The number of carbonyl (C=O) groups excluding carboxylic acids is 1. The molecule has 36 heavy (non-hydrogen) atoms. The molecule has 0 aromatic heterocycles. The molecule has 1 N–H and O–H groups in total. The van der Waals surface area contributed by atoms with Crippen LogP contribution in [0.25, 0.3) is 0 Å². The maximum absolute atomic E-state index is 13.7. The first kappa shape index (κ1) is 24.8. The quantitative estimate of drug-likeness (QED) is 0.286. The van der Waals surface area contributed by atoms with Gasteiger partial charge in [-0.15, -0.1) is 4.41 Å². The van der Waals surface area contributed by atoms with Crippen LogP contribution in [0.3, 0.4) is 0 Å². The zero-order chi connectivity index (χ0) is 25.7. The lowest BCUT2D eigenvalue weighted by atomic mass is 10.1. The van der Waals surface area contributed by atoms with E-state index in [1.807, 2.05) is 37.3 Å². The number of hydrogen-bond acceptors (Lipinski definition) is 6. The minimum absolute atomic E-state index is 0.0418. The highest BCUT2D eigenvalue weighted by Crippen LogP contribution is 2.28. The summed E-state index contributed by atoms with van der Waals surface area (Å²) in [6.45, 7) is 5.28. The number of rotatable bonds is 7. The Morgan fingerprint density at radius 3 is 1.81 bits per heavy atom. The minimum Gasteiger partial charge on any atom is -0.457 e. The molecule has 4 rings (SSSR count). The van der Waals surface area contributed by atoms with Gasteiger partial charge in [-0.1, -0.05) is 54.1 Å². The van der Waals surface area contributed by atoms with Crippen LogP contribution in [-0.2, 0) is 10.0 Å². The Morgan fingerprint density at radius 1 is 0.722 bits per heavy atom. The Balaban J connectivity index is 1.62. The molecule has 0 atom stereocenters. The zero-order valence-electron chi connectivity index (χ0n) is 20.1. The summed E-state index contributed by atoms with van der Waals surface area (Å²) in [6.07, 6.45) is -1.10. The van der Waals surface area contributed by atoms with Gasteiger partial charge in [0.15, 0.2) is 0 Å². The molecule has 7 nitrogen and oxygen atoms in total. The van der Waals surface area contributed by atoms with Gasteiger partial charge in [0.25, 0.3) is 10.0 Å². The molecule has 0 bridgehead atoms. The summed E-state index contributed by atoms with van der Waals surface area (Å²) in [5, 5.41) is 0. The Hall–Kier alpha value is -4.30. The van der Waals surface area contributed by atoms with Crippen LogP contribution in [0, 0.1) is 20.8 Å². The Morgan fingerprint density at radius 2 is 1.22 bits per heavy atom. The summed E-state index contributed by atoms with van der Waals surface area (Å²) < 4.78 is 39.2. The van der Waals surface area contributed by atoms with Crippen molar-refractivity contribution in [1.82, 2.24) is 4.41 Å².